The molecule has 7 nitrogen and oxygen atoms in total. The SMILES string of the molecule is CC(Oc1ccccc1F)C(=O)NNC(=O)c1ccc(Oc2ccc(C(F)(F)F)cn2)cc1. The van der Waals surface area contributed by atoms with E-state index in [0.29, 0.717) is 6.20 Å². The van der Waals surface area contributed by atoms with Gasteiger partial charge in [-0.15, -0.1) is 0 Å². The highest BCUT2D eigenvalue weighted by atomic mass is 19.4. The number of para-hydroxylation sites is 1. The van der Waals surface area contributed by atoms with Gasteiger partial charge < -0.3 is 9.47 Å². The first-order chi connectivity index (χ1) is 15.6. The topological polar surface area (TPSA) is 89.6 Å². The van der Waals surface area contributed by atoms with Crippen LogP contribution in [0, 0.1) is 5.82 Å². The number of aromatic nitrogens is 1. The zero-order chi connectivity index (χ0) is 24.0. The molecule has 2 amide bonds. The number of ether oxygens (including phenoxy) is 2. The first kappa shape index (κ1) is 23.5. The van der Waals surface area contributed by atoms with Crippen LogP contribution in [0.4, 0.5) is 17.6 Å². The Bertz CT molecular complexity index is 1120. The van der Waals surface area contributed by atoms with E-state index >= 15 is 0 Å². The van der Waals surface area contributed by atoms with Gasteiger partial charge in [-0.3, -0.25) is 20.4 Å². The lowest BCUT2D eigenvalue weighted by Crippen LogP contribution is -2.47. The molecule has 1 heterocycles. The number of carbonyl (C=O) groups is 2. The monoisotopic (exact) mass is 463 g/mol. The number of amides is 2. The molecule has 11 heteroatoms. The predicted molar refractivity (Wildman–Crippen MR) is 108 cm³/mol. The zero-order valence-electron chi connectivity index (χ0n) is 17.0. The average Bonchev–Trinajstić information content (AvgIpc) is 2.79. The second kappa shape index (κ2) is 9.98. The number of hydrogen-bond acceptors (Lipinski definition) is 5. The lowest BCUT2D eigenvalue weighted by Gasteiger charge is -2.15. The molecular weight excluding hydrogens is 446 g/mol. The van der Waals surface area contributed by atoms with Crippen molar-refractivity contribution in [3.8, 4) is 17.4 Å². The number of rotatable bonds is 6. The number of nitrogens with zero attached hydrogens (tertiary/aromatic N) is 1. The number of hydrogen-bond donors (Lipinski definition) is 2. The van der Waals surface area contributed by atoms with Crippen LogP contribution in [-0.2, 0) is 11.0 Å². The molecule has 2 N–H and O–H groups in total. The van der Waals surface area contributed by atoms with Gasteiger partial charge in [0.05, 0.1) is 5.56 Å². The van der Waals surface area contributed by atoms with Gasteiger partial charge in [0.25, 0.3) is 11.8 Å². The number of nitrogens with one attached hydrogen (secondary N) is 2. The first-order valence-corrected chi connectivity index (χ1v) is 9.46. The van der Waals surface area contributed by atoms with E-state index in [1.165, 1.54) is 49.4 Å². The van der Waals surface area contributed by atoms with E-state index in [4.69, 9.17) is 9.47 Å². The highest BCUT2D eigenvalue weighted by Crippen LogP contribution is 2.30. The summed E-state index contributed by atoms with van der Waals surface area (Å²) in [6.07, 6.45) is -4.94. The van der Waals surface area contributed by atoms with Crippen LogP contribution >= 0.6 is 0 Å². The van der Waals surface area contributed by atoms with Crippen molar-refractivity contribution in [2.24, 2.45) is 0 Å². The Morgan fingerprint density at radius 1 is 0.970 bits per heavy atom. The van der Waals surface area contributed by atoms with Crippen LogP contribution in [-0.4, -0.2) is 22.9 Å². The van der Waals surface area contributed by atoms with Crippen LogP contribution in [0.1, 0.15) is 22.8 Å². The average molecular weight is 463 g/mol. The molecule has 0 bridgehead atoms. The fourth-order valence-electron chi connectivity index (χ4n) is 2.48. The summed E-state index contributed by atoms with van der Waals surface area (Å²) in [6, 6.07) is 13.0. The minimum atomic E-state index is -4.50. The lowest BCUT2D eigenvalue weighted by molar-refractivity contribution is -0.137. The van der Waals surface area contributed by atoms with Gasteiger partial charge in [0.1, 0.15) is 5.75 Å². The number of benzene rings is 2. The van der Waals surface area contributed by atoms with Gasteiger partial charge in [-0.1, -0.05) is 12.1 Å². The molecule has 0 radical (unpaired) electrons. The van der Waals surface area contributed by atoms with Gasteiger partial charge in [0.2, 0.25) is 5.88 Å². The third-order valence-electron chi connectivity index (χ3n) is 4.21. The molecule has 1 unspecified atom stereocenters. The van der Waals surface area contributed by atoms with Gasteiger partial charge in [0.15, 0.2) is 17.7 Å². The van der Waals surface area contributed by atoms with Crippen LogP contribution in [0.15, 0.2) is 66.9 Å². The smallest absolute Gasteiger partial charge is 0.417 e. The van der Waals surface area contributed by atoms with E-state index in [2.05, 4.69) is 15.8 Å². The van der Waals surface area contributed by atoms with E-state index in [1.807, 2.05) is 0 Å². The molecular formula is C22H17F4N3O4. The van der Waals surface area contributed by atoms with Crippen molar-refractivity contribution in [2.45, 2.75) is 19.2 Å². The molecule has 1 aromatic heterocycles. The Balaban J connectivity index is 1.51. The van der Waals surface area contributed by atoms with E-state index in [9.17, 15) is 27.2 Å². The second-order valence-electron chi connectivity index (χ2n) is 6.64. The summed E-state index contributed by atoms with van der Waals surface area (Å²) in [6.45, 7) is 1.38. The van der Waals surface area contributed by atoms with Crippen LogP contribution < -0.4 is 20.3 Å². The van der Waals surface area contributed by atoms with Gasteiger partial charge in [-0.05, 0) is 49.4 Å². The van der Waals surface area contributed by atoms with Crippen molar-refractivity contribution < 1.29 is 36.6 Å². The van der Waals surface area contributed by atoms with Gasteiger partial charge in [-0.2, -0.15) is 13.2 Å². The largest absolute Gasteiger partial charge is 0.478 e. The molecule has 0 aliphatic carbocycles. The third kappa shape index (κ3) is 6.42. The minimum Gasteiger partial charge on any atom is -0.478 e. The van der Waals surface area contributed by atoms with Crippen LogP contribution in [0.5, 0.6) is 17.4 Å². The Labute approximate surface area is 185 Å². The maximum absolute atomic E-state index is 13.6. The molecule has 1 atom stereocenters. The number of hydrazine groups is 1. The minimum absolute atomic E-state index is 0.0590. The molecule has 2 aromatic carbocycles. The third-order valence-corrected chi connectivity index (χ3v) is 4.21. The molecule has 0 aliphatic heterocycles. The van der Waals surface area contributed by atoms with Crippen LogP contribution in [0.3, 0.4) is 0 Å². The number of pyridine rings is 1. The Hall–Kier alpha value is -4.15. The number of carbonyl (C=O) groups excluding carboxylic acids is 2. The molecule has 172 valence electrons. The second-order valence-corrected chi connectivity index (χ2v) is 6.64. The van der Waals surface area contributed by atoms with Gasteiger partial charge in [0, 0.05) is 17.8 Å². The van der Waals surface area contributed by atoms with Crippen molar-refractivity contribution in [1.29, 1.82) is 0 Å². The predicted octanol–water partition coefficient (Wildman–Crippen LogP) is 4.26. The molecule has 0 saturated carbocycles. The Kier molecular flexibility index (Phi) is 7.11. The first-order valence-electron chi connectivity index (χ1n) is 9.46. The Morgan fingerprint density at radius 2 is 1.67 bits per heavy atom. The lowest BCUT2D eigenvalue weighted by atomic mass is 10.2. The summed E-state index contributed by atoms with van der Waals surface area (Å²) in [4.78, 5) is 27.9. The quantitative estimate of drug-likeness (QED) is 0.421. The van der Waals surface area contributed by atoms with Gasteiger partial charge >= 0.3 is 6.18 Å². The number of alkyl halides is 3. The normalized spacial score (nSPS) is 11.9. The van der Waals surface area contributed by atoms with Crippen LogP contribution in [0.25, 0.3) is 0 Å². The van der Waals surface area contributed by atoms with Crippen molar-refractivity contribution in [2.75, 3.05) is 0 Å². The summed E-state index contributed by atoms with van der Waals surface area (Å²) >= 11 is 0. The fraction of sp³-hybridized carbons (Fsp3) is 0.136. The fourth-order valence-corrected chi connectivity index (χ4v) is 2.48. The van der Waals surface area contributed by atoms with Crippen molar-refractivity contribution >= 4 is 11.8 Å². The molecule has 0 fully saturated rings. The van der Waals surface area contributed by atoms with E-state index in [-0.39, 0.29) is 22.9 Å². The molecule has 0 aliphatic rings. The number of halogens is 4. The van der Waals surface area contributed by atoms with Crippen molar-refractivity contribution in [3.05, 3.63) is 83.8 Å². The molecule has 0 spiro atoms. The van der Waals surface area contributed by atoms with Gasteiger partial charge in [-0.25, -0.2) is 9.37 Å². The van der Waals surface area contributed by atoms with Crippen molar-refractivity contribution in [3.63, 3.8) is 0 Å². The summed E-state index contributed by atoms with van der Waals surface area (Å²) < 4.78 is 61.9. The summed E-state index contributed by atoms with van der Waals surface area (Å²) in [5.74, 6) is -1.92. The summed E-state index contributed by atoms with van der Waals surface area (Å²) in [5.41, 5.74) is 3.62. The summed E-state index contributed by atoms with van der Waals surface area (Å²) in [5, 5.41) is 0. The highest BCUT2D eigenvalue weighted by Gasteiger charge is 2.30. The standard InChI is InChI=1S/C22H17F4N3O4/c1-13(32-18-5-3-2-4-17(18)23)20(30)28-29-21(31)14-6-9-16(10-7-14)33-19-11-8-15(12-27-19)22(24,25)26/h2-13H,1H3,(H,28,30)(H,29,31). The molecule has 3 rings (SSSR count). The van der Waals surface area contributed by atoms with Crippen LogP contribution in [0.2, 0.25) is 0 Å². The summed E-state index contributed by atoms with van der Waals surface area (Å²) in [7, 11) is 0. The Morgan fingerprint density at radius 3 is 2.27 bits per heavy atom. The maximum atomic E-state index is 13.6. The maximum Gasteiger partial charge on any atom is 0.417 e. The highest BCUT2D eigenvalue weighted by molar-refractivity contribution is 5.95. The van der Waals surface area contributed by atoms with E-state index < -0.39 is 35.5 Å². The van der Waals surface area contributed by atoms with E-state index in [1.54, 1.807) is 6.07 Å². The van der Waals surface area contributed by atoms with Crippen molar-refractivity contribution in [1.82, 2.24) is 15.8 Å². The zero-order valence-corrected chi connectivity index (χ0v) is 17.0. The molecule has 0 saturated heterocycles. The van der Waals surface area contributed by atoms with E-state index in [0.717, 1.165) is 12.1 Å². The molecule has 3 aromatic rings. The molecule has 33 heavy (non-hydrogen) atoms.